The quantitative estimate of drug-likeness (QED) is 0.482. The van der Waals surface area contributed by atoms with Crippen molar-refractivity contribution in [1.82, 2.24) is 0 Å². The van der Waals surface area contributed by atoms with E-state index in [2.05, 4.69) is 6.08 Å². The predicted molar refractivity (Wildman–Crippen MR) is 73.6 cm³/mol. The van der Waals surface area contributed by atoms with E-state index in [9.17, 15) is 14.5 Å². The topological polar surface area (TPSA) is 52.4 Å². The second-order valence-corrected chi connectivity index (χ2v) is 5.50. The summed E-state index contributed by atoms with van der Waals surface area (Å²) in [7, 11) is 0. The molecule has 0 fully saturated rings. The third-order valence-corrected chi connectivity index (χ3v) is 3.99. The first-order chi connectivity index (χ1) is 9.08. The number of hydrogen-bond acceptors (Lipinski definition) is 4. The predicted octanol–water partition coefficient (Wildman–Crippen LogP) is 3.83. The van der Waals surface area contributed by atoms with Crippen molar-refractivity contribution >= 4 is 29.1 Å². The van der Waals surface area contributed by atoms with Crippen LogP contribution >= 0.6 is 23.4 Å². The highest BCUT2D eigenvalue weighted by Crippen LogP contribution is 2.32. The molecule has 0 unspecified atom stereocenters. The first kappa shape index (κ1) is 14.1. The van der Waals surface area contributed by atoms with Gasteiger partial charge in [0.15, 0.2) is 0 Å². The molecule has 0 aliphatic carbocycles. The molecule has 0 bridgehead atoms. The number of nitro benzene ring substituents is 1. The molecule has 0 atom stereocenters. The number of nitro groups is 1. The van der Waals surface area contributed by atoms with Crippen LogP contribution in [0.2, 0.25) is 5.02 Å². The fraction of sp³-hybridized carbons (Fsp3) is 0.333. The highest BCUT2D eigenvalue weighted by molar-refractivity contribution is 7.99. The van der Waals surface area contributed by atoms with Crippen LogP contribution in [0.15, 0.2) is 23.8 Å². The van der Waals surface area contributed by atoms with Crippen LogP contribution in [0.25, 0.3) is 0 Å². The molecule has 0 aromatic heterocycles. The van der Waals surface area contributed by atoms with E-state index < -0.39 is 16.4 Å². The molecule has 1 aromatic carbocycles. The zero-order valence-electron chi connectivity index (χ0n) is 9.90. The van der Waals surface area contributed by atoms with Crippen molar-refractivity contribution in [3.8, 4) is 5.75 Å². The fourth-order valence-corrected chi connectivity index (χ4v) is 2.75. The monoisotopic (exact) mass is 303 g/mol. The van der Waals surface area contributed by atoms with Gasteiger partial charge >= 0.3 is 5.69 Å². The van der Waals surface area contributed by atoms with Gasteiger partial charge in [-0.25, -0.2) is 0 Å². The Balaban J connectivity index is 2.13. The summed E-state index contributed by atoms with van der Waals surface area (Å²) in [6.45, 7) is 0.315. The van der Waals surface area contributed by atoms with Gasteiger partial charge in [0.1, 0.15) is 12.4 Å². The lowest BCUT2D eigenvalue weighted by atomic mass is 10.2. The van der Waals surface area contributed by atoms with Crippen molar-refractivity contribution < 1.29 is 14.1 Å². The minimum absolute atomic E-state index is 0.0344. The first-order valence-electron chi connectivity index (χ1n) is 5.60. The molecule has 1 aliphatic heterocycles. The van der Waals surface area contributed by atoms with Crippen molar-refractivity contribution in [3.63, 3.8) is 0 Å². The second kappa shape index (κ2) is 6.25. The summed E-state index contributed by atoms with van der Waals surface area (Å²) in [5, 5.41) is 10.7. The normalized spacial score (nSPS) is 14.9. The number of ether oxygens (including phenoxy) is 1. The van der Waals surface area contributed by atoms with Crippen LogP contribution < -0.4 is 4.74 Å². The molecule has 1 aromatic rings. The Morgan fingerprint density at radius 3 is 2.95 bits per heavy atom. The summed E-state index contributed by atoms with van der Waals surface area (Å²) in [5.41, 5.74) is 0.477. The van der Waals surface area contributed by atoms with E-state index in [4.69, 9.17) is 16.3 Å². The summed E-state index contributed by atoms with van der Waals surface area (Å²) < 4.78 is 18.7. The minimum atomic E-state index is -0.963. The van der Waals surface area contributed by atoms with E-state index in [0.717, 1.165) is 35.6 Å². The number of benzene rings is 1. The van der Waals surface area contributed by atoms with E-state index in [0.29, 0.717) is 6.61 Å². The van der Waals surface area contributed by atoms with E-state index >= 15 is 0 Å². The van der Waals surface area contributed by atoms with Gasteiger partial charge in [-0.05, 0) is 17.7 Å². The Labute approximate surface area is 118 Å². The Bertz CT molecular complexity index is 536. The van der Waals surface area contributed by atoms with Gasteiger partial charge in [-0.15, -0.1) is 0 Å². The van der Waals surface area contributed by atoms with Crippen LogP contribution in [-0.4, -0.2) is 23.0 Å². The van der Waals surface area contributed by atoms with Gasteiger partial charge < -0.3 is 4.74 Å². The Morgan fingerprint density at radius 2 is 2.32 bits per heavy atom. The minimum Gasteiger partial charge on any atom is -0.487 e. The Hall–Kier alpha value is -1.27. The average molecular weight is 304 g/mol. The zero-order valence-corrected chi connectivity index (χ0v) is 11.5. The fourth-order valence-electron chi connectivity index (χ4n) is 1.65. The molecule has 2 rings (SSSR count). The molecule has 0 amide bonds. The summed E-state index contributed by atoms with van der Waals surface area (Å²) >= 11 is 7.61. The number of allylic oxidation sites excluding steroid dienone is 1. The van der Waals surface area contributed by atoms with Gasteiger partial charge in [0.05, 0.1) is 16.0 Å². The molecule has 19 heavy (non-hydrogen) atoms. The van der Waals surface area contributed by atoms with Crippen molar-refractivity contribution in [2.75, 3.05) is 18.1 Å². The van der Waals surface area contributed by atoms with E-state index in [1.807, 2.05) is 0 Å². The molecular weight excluding hydrogens is 293 g/mol. The Morgan fingerprint density at radius 1 is 1.53 bits per heavy atom. The molecule has 102 valence electrons. The summed E-state index contributed by atoms with van der Waals surface area (Å²) in [5.74, 6) is 1.13. The number of halogens is 2. The van der Waals surface area contributed by atoms with Crippen molar-refractivity contribution in [1.29, 1.82) is 0 Å². The van der Waals surface area contributed by atoms with Gasteiger partial charge in [-0.1, -0.05) is 17.7 Å². The molecule has 4 nitrogen and oxygen atoms in total. The van der Waals surface area contributed by atoms with Crippen LogP contribution in [-0.2, 0) is 0 Å². The molecule has 0 N–H and O–H groups in total. The smallest absolute Gasteiger partial charge is 0.308 e. The van der Waals surface area contributed by atoms with Crippen LogP contribution in [0.1, 0.15) is 6.42 Å². The maximum Gasteiger partial charge on any atom is 0.308 e. The molecule has 0 radical (unpaired) electrons. The number of nitrogens with zero attached hydrogens (tertiary/aromatic N) is 1. The van der Waals surface area contributed by atoms with Crippen LogP contribution in [0.5, 0.6) is 5.75 Å². The highest BCUT2D eigenvalue weighted by Gasteiger charge is 2.18. The summed E-state index contributed by atoms with van der Waals surface area (Å²) in [6, 6.07) is 1.92. The van der Waals surface area contributed by atoms with Gasteiger partial charge in [-0.2, -0.15) is 16.2 Å². The van der Waals surface area contributed by atoms with Gasteiger partial charge in [-0.3, -0.25) is 10.1 Å². The SMILES string of the molecule is O=[N+]([O-])c1cc(OCC2=CCCSC2)c(Cl)cc1F. The molecule has 1 aliphatic rings. The standard InChI is InChI=1S/C12H11ClFNO3S/c13-9-4-10(14)11(15(16)17)5-12(9)18-6-8-2-1-3-19-7-8/h2,4-5H,1,3,6-7H2. The maximum absolute atomic E-state index is 13.3. The third-order valence-electron chi connectivity index (χ3n) is 2.59. The number of rotatable bonds is 4. The highest BCUT2D eigenvalue weighted by atomic mass is 35.5. The van der Waals surface area contributed by atoms with E-state index in [1.54, 1.807) is 11.8 Å². The zero-order chi connectivity index (χ0) is 13.8. The number of hydrogen-bond donors (Lipinski definition) is 0. The van der Waals surface area contributed by atoms with Gasteiger partial charge in [0, 0.05) is 11.8 Å². The van der Waals surface area contributed by atoms with E-state index in [1.165, 1.54) is 0 Å². The lowest BCUT2D eigenvalue weighted by Gasteiger charge is -2.14. The lowest BCUT2D eigenvalue weighted by Crippen LogP contribution is -2.07. The summed E-state index contributed by atoms with van der Waals surface area (Å²) in [4.78, 5) is 9.85. The van der Waals surface area contributed by atoms with E-state index in [-0.39, 0.29) is 10.8 Å². The molecule has 7 heteroatoms. The first-order valence-corrected chi connectivity index (χ1v) is 7.13. The van der Waals surface area contributed by atoms with Crippen LogP contribution in [0.4, 0.5) is 10.1 Å². The molecule has 0 saturated heterocycles. The Kier molecular flexibility index (Phi) is 4.66. The number of thioether (sulfide) groups is 1. The van der Waals surface area contributed by atoms with Crippen molar-refractivity contribution in [2.45, 2.75) is 6.42 Å². The molecular formula is C12H11ClFNO3S. The van der Waals surface area contributed by atoms with Gasteiger partial charge in [0.2, 0.25) is 5.82 Å². The second-order valence-electron chi connectivity index (χ2n) is 3.98. The summed E-state index contributed by atoms with van der Waals surface area (Å²) in [6.07, 6.45) is 3.07. The van der Waals surface area contributed by atoms with Crippen LogP contribution in [0.3, 0.4) is 0 Å². The van der Waals surface area contributed by atoms with Gasteiger partial charge in [0.25, 0.3) is 0 Å². The lowest BCUT2D eigenvalue weighted by molar-refractivity contribution is -0.387. The molecule has 0 spiro atoms. The molecule has 0 saturated carbocycles. The molecule has 1 heterocycles. The maximum atomic E-state index is 13.3. The van der Waals surface area contributed by atoms with Crippen molar-refractivity contribution in [3.05, 3.63) is 44.7 Å². The van der Waals surface area contributed by atoms with Crippen LogP contribution in [0, 0.1) is 15.9 Å². The largest absolute Gasteiger partial charge is 0.487 e. The average Bonchev–Trinajstić information content (AvgIpc) is 2.38. The van der Waals surface area contributed by atoms with Crippen molar-refractivity contribution in [2.24, 2.45) is 0 Å². The third kappa shape index (κ3) is 3.61.